The Morgan fingerprint density at radius 2 is 2.29 bits per heavy atom. The minimum Gasteiger partial charge on any atom is -0.384 e. The number of nitrogen functional groups attached to an aromatic ring is 1. The lowest BCUT2D eigenvalue weighted by atomic mass is 10.1. The molecule has 2 heterocycles. The number of nitrogens with two attached hydrogens (primary N) is 1. The van der Waals surface area contributed by atoms with Gasteiger partial charge in [0.15, 0.2) is 0 Å². The van der Waals surface area contributed by atoms with Crippen LogP contribution in [0.2, 0.25) is 0 Å². The second-order valence-electron chi connectivity index (χ2n) is 5.84. The molecule has 5 heteroatoms. The number of hydrogen-bond acceptors (Lipinski definition) is 4. The Kier molecular flexibility index (Phi) is 5.17. The molecule has 1 aromatic heterocycles. The lowest BCUT2D eigenvalue weighted by Gasteiger charge is -2.24. The van der Waals surface area contributed by atoms with Crippen molar-refractivity contribution in [2.24, 2.45) is 0 Å². The number of nitrogens with zero attached hydrogens (tertiary/aromatic N) is 2. The Labute approximate surface area is 126 Å². The molecule has 5 nitrogen and oxygen atoms in total. The van der Waals surface area contributed by atoms with Crippen molar-refractivity contribution in [2.45, 2.75) is 45.6 Å². The van der Waals surface area contributed by atoms with Crippen molar-refractivity contribution >= 4 is 11.7 Å². The summed E-state index contributed by atoms with van der Waals surface area (Å²) in [6.07, 6.45) is 2.27. The molecule has 1 aliphatic rings. The molecular formula is C16H25N3O2. The first-order valence-corrected chi connectivity index (χ1v) is 7.69. The van der Waals surface area contributed by atoms with Crippen LogP contribution in [0, 0.1) is 0 Å². The Bertz CT molecular complexity index is 496. The van der Waals surface area contributed by atoms with E-state index in [4.69, 9.17) is 10.5 Å². The number of aromatic nitrogens is 1. The fourth-order valence-corrected chi connectivity index (χ4v) is 2.57. The zero-order chi connectivity index (χ0) is 15.4. The summed E-state index contributed by atoms with van der Waals surface area (Å²) in [5.74, 6) is 0.648. The van der Waals surface area contributed by atoms with E-state index in [1.54, 1.807) is 6.07 Å². The summed E-state index contributed by atoms with van der Waals surface area (Å²) < 4.78 is 5.63. The van der Waals surface area contributed by atoms with Gasteiger partial charge in [-0.05, 0) is 37.8 Å². The number of anilines is 1. The van der Waals surface area contributed by atoms with E-state index in [1.165, 1.54) is 0 Å². The SMILES string of the molecule is CCN(CC1CCCO1)C(=O)c1cc(N)nc(C(C)C)c1. The first kappa shape index (κ1) is 15.8. The Morgan fingerprint density at radius 1 is 1.52 bits per heavy atom. The lowest BCUT2D eigenvalue weighted by Crippen LogP contribution is -2.37. The van der Waals surface area contributed by atoms with Crippen molar-refractivity contribution in [3.8, 4) is 0 Å². The van der Waals surface area contributed by atoms with Gasteiger partial charge in [0.1, 0.15) is 5.82 Å². The summed E-state index contributed by atoms with van der Waals surface area (Å²) in [7, 11) is 0. The molecular weight excluding hydrogens is 266 g/mol. The van der Waals surface area contributed by atoms with Crippen molar-refractivity contribution in [2.75, 3.05) is 25.4 Å². The molecule has 1 amide bonds. The number of ether oxygens (including phenoxy) is 1. The molecule has 1 aromatic rings. The summed E-state index contributed by atoms with van der Waals surface area (Å²) in [6.45, 7) is 8.18. The van der Waals surface area contributed by atoms with Gasteiger partial charge in [0, 0.05) is 31.0 Å². The largest absolute Gasteiger partial charge is 0.384 e. The van der Waals surface area contributed by atoms with Crippen LogP contribution < -0.4 is 5.73 Å². The van der Waals surface area contributed by atoms with Gasteiger partial charge in [-0.1, -0.05) is 13.8 Å². The van der Waals surface area contributed by atoms with Crippen LogP contribution in [0.25, 0.3) is 0 Å². The maximum Gasteiger partial charge on any atom is 0.254 e. The highest BCUT2D eigenvalue weighted by atomic mass is 16.5. The normalized spacial score (nSPS) is 18.2. The smallest absolute Gasteiger partial charge is 0.254 e. The van der Waals surface area contributed by atoms with Crippen LogP contribution in [0.1, 0.15) is 55.6 Å². The predicted octanol–water partition coefficient (Wildman–Crippen LogP) is 2.43. The number of amides is 1. The molecule has 1 unspecified atom stereocenters. The predicted molar refractivity (Wildman–Crippen MR) is 83.3 cm³/mol. The standard InChI is InChI=1S/C16H25N3O2/c1-4-19(10-13-6-5-7-21-13)16(20)12-8-14(11(2)3)18-15(17)9-12/h8-9,11,13H,4-7,10H2,1-3H3,(H2,17,18). The van der Waals surface area contributed by atoms with E-state index in [9.17, 15) is 4.79 Å². The number of likely N-dealkylation sites (N-methyl/N-ethyl adjacent to an activating group) is 1. The van der Waals surface area contributed by atoms with E-state index in [-0.39, 0.29) is 17.9 Å². The summed E-state index contributed by atoms with van der Waals surface area (Å²) >= 11 is 0. The molecule has 0 saturated carbocycles. The van der Waals surface area contributed by atoms with Crippen molar-refractivity contribution in [1.82, 2.24) is 9.88 Å². The third-order valence-corrected chi connectivity index (χ3v) is 3.82. The molecule has 116 valence electrons. The van der Waals surface area contributed by atoms with Crippen LogP contribution in [0.15, 0.2) is 12.1 Å². The molecule has 1 aliphatic heterocycles. The van der Waals surface area contributed by atoms with Crippen LogP contribution in [0.5, 0.6) is 0 Å². The maximum atomic E-state index is 12.7. The van der Waals surface area contributed by atoms with E-state index < -0.39 is 0 Å². The molecule has 21 heavy (non-hydrogen) atoms. The van der Waals surface area contributed by atoms with Gasteiger partial charge < -0.3 is 15.4 Å². The number of hydrogen-bond donors (Lipinski definition) is 1. The molecule has 0 spiro atoms. The van der Waals surface area contributed by atoms with E-state index in [1.807, 2.05) is 31.7 Å². The molecule has 0 radical (unpaired) electrons. The Balaban J connectivity index is 2.16. The van der Waals surface area contributed by atoms with Gasteiger partial charge in [0.05, 0.1) is 6.10 Å². The average molecular weight is 291 g/mol. The summed E-state index contributed by atoms with van der Waals surface area (Å²) in [6, 6.07) is 3.51. The number of carbonyl (C=O) groups is 1. The first-order valence-electron chi connectivity index (χ1n) is 7.69. The van der Waals surface area contributed by atoms with Gasteiger partial charge in [0.25, 0.3) is 5.91 Å². The van der Waals surface area contributed by atoms with Gasteiger partial charge in [0.2, 0.25) is 0 Å². The summed E-state index contributed by atoms with van der Waals surface area (Å²) in [5.41, 5.74) is 7.30. The second kappa shape index (κ2) is 6.89. The van der Waals surface area contributed by atoms with Crippen LogP contribution >= 0.6 is 0 Å². The van der Waals surface area contributed by atoms with Gasteiger partial charge in [-0.3, -0.25) is 4.79 Å². The topological polar surface area (TPSA) is 68.5 Å². The van der Waals surface area contributed by atoms with Crippen LogP contribution in [0.4, 0.5) is 5.82 Å². The fourth-order valence-electron chi connectivity index (χ4n) is 2.57. The van der Waals surface area contributed by atoms with Crippen molar-refractivity contribution in [3.05, 3.63) is 23.4 Å². The third-order valence-electron chi connectivity index (χ3n) is 3.82. The van der Waals surface area contributed by atoms with Gasteiger partial charge >= 0.3 is 0 Å². The van der Waals surface area contributed by atoms with Crippen LogP contribution in [0.3, 0.4) is 0 Å². The third kappa shape index (κ3) is 3.94. The Morgan fingerprint density at radius 3 is 2.86 bits per heavy atom. The zero-order valence-electron chi connectivity index (χ0n) is 13.1. The second-order valence-corrected chi connectivity index (χ2v) is 5.84. The van der Waals surface area contributed by atoms with E-state index >= 15 is 0 Å². The van der Waals surface area contributed by atoms with Gasteiger partial charge in [-0.2, -0.15) is 0 Å². The molecule has 0 aromatic carbocycles. The van der Waals surface area contributed by atoms with E-state index in [0.717, 1.165) is 25.1 Å². The minimum atomic E-state index is 0.00370. The van der Waals surface area contributed by atoms with E-state index in [0.29, 0.717) is 24.5 Å². The number of carbonyl (C=O) groups excluding carboxylic acids is 1. The quantitative estimate of drug-likeness (QED) is 0.904. The number of pyridine rings is 1. The highest BCUT2D eigenvalue weighted by Gasteiger charge is 2.23. The van der Waals surface area contributed by atoms with Gasteiger partial charge in [-0.25, -0.2) is 4.98 Å². The molecule has 0 bridgehead atoms. The summed E-state index contributed by atoms with van der Waals surface area (Å²) in [5, 5.41) is 0. The molecule has 1 saturated heterocycles. The Hall–Kier alpha value is -1.62. The molecule has 1 fully saturated rings. The molecule has 2 rings (SSSR count). The zero-order valence-corrected chi connectivity index (χ0v) is 13.1. The highest BCUT2D eigenvalue weighted by Crippen LogP contribution is 2.19. The van der Waals surface area contributed by atoms with Crippen molar-refractivity contribution in [1.29, 1.82) is 0 Å². The fraction of sp³-hybridized carbons (Fsp3) is 0.625. The molecule has 1 atom stereocenters. The highest BCUT2D eigenvalue weighted by molar-refractivity contribution is 5.95. The van der Waals surface area contributed by atoms with Crippen LogP contribution in [-0.2, 0) is 4.74 Å². The van der Waals surface area contributed by atoms with Crippen LogP contribution in [-0.4, -0.2) is 41.6 Å². The summed E-state index contributed by atoms with van der Waals surface area (Å²) in [4.78, 5) is 18.8. The first-order chi connectivity index (χ1) is 10.0. The minimum absolute atomic E-state index is 0.00370. The maximum absolute atomic E-state index is 12.7. The average Bonchev–Trinajstić information content (AvgIpc) is 2.96. The monoisotopic (exact) mass is 291 g/mol. The van der Waals surface area contributed by atoms with Crippen molar-refractivity contribution in [3.63, 3.8) is 0 Å². The van der Waals surface area contributed by atoms with E-state index in [2.05, 4.69) is 4.98 Å². The lowest BCUT2D eigenvalue weighted by molar-refractivity contribution is 0.0539. The number of rotatable bonds is 5. The molecule has 2 N–H and O–H groups in total. The van der Waals surface area contributed by atoms with Crippen molar-refractivity contribution < 1.29 is 9.53 Å². The van der Waals surface area contributed by atoms with Gasteiger partial charge in [-0.15, -0.1) is 0 Å². The molecule has 0 aliphatic carbocycles.